The molecule has 1 aromatic carbocycles. The number of benzene rings is 1. The average molecular weight is 304 g/mol. The largest absolute Gasteiger partial charge is 0.492 e. The second-order valence-electron chi connectivity index (χ2n) is 4.32. The van der Waals surface area contributed by atoms with Gasteiger partial charge in [-0.2, -0.15) is 0 Å². The number of methoxy groups -OCH3 is 1. The van der Waals surface area contributed by atoms with Crippen molar-refractivity contribution in [2.24, 2.45) is 0 Å². The molecular weight excluding hydrogens is 289 g/mol. The summed E-state index contributed by atoms with van der Waals surface area (Å²) in [6.45, 7) is 0.595. The molecular formula is C13H15Cl2NO3. The molecule has 4 nitrogen and oxygen atoms in total. The van der Waals surface area contributed by atoms with E-state index in [-0.39, 0.29) is 18.6 Å². The van der Waals surface area contributed by atoms with Gasteiger partial charge in [0.2, 0.25) is 5.91 Å². The highest BCUT2D eigenvalue weighted by Gasteiger charge is 2.24. The molecule has 0 fully saturated rings. The number of rotatable bonds is 3. The molecule has 104 valence electrons. The maximum absolute atomic E-state index is 11.6. The van der Waals surface area contributed by atoms with Gasteiger partial charge in [-0.3, -0.25) is 4.79 Å². The molecule has 1 atom stereocenters. The molecule has 6 heteroatoms. The molecule has 0 saturated heterocycles. The second kappa shape index (κ2) is 6.46. The summed E-state index contributed by atoms with van der Waals surface area (Å²) in [5.74, 6) is 0.404. The van der Waals surface area contributed by atoms with Crippen LogP contribution >= 0.6 is 23.2 Å². The summed E-state index contributed by atoms with van der Waals surface area (Å²) in [4.78, 5) is 11.6. The molecule has 0 bridgehead atoms. The first kappa shape index (κ1) is 14.4. The summed E-state index contributed by atoms with van der Waals surface area (Å²) in [5.41, 5.74) is 0.858. The summed E-state index contributed by atoms with van der Waals surface area (Å²) in [6.07, 6.45) is 1.63. The Bertz CT molecular complexity index is 479. The molecule has 19 heavy (non-hydrogen) atoms. The predicted octanol–water partition coefficient (Wildman–Crippen LogP) is 2.97. The van der Waals surface area contributed by atoms with Gasteiger partial charge in [0.1, 0.15) is 17.4 Å². The van der Waals surface area contributed by atoms with Gasteiger partial charge >= 0.3 is 0 Å². The number of halogens is 2. The van der Waals surface area contributed by atoms with E-state index in [0.29, 0.717) is 22.4 Å². The molecule has 1 aromatic rings. The van der Waals surface area contributed by atoms with E-state index in [1.54, 1.807) is 6.07 Å². The Morgan fingerprint density at radius 2 is 2.32 bits per heavy atom. The minimum atomic E-state index is -0.161. The van der Waals surface area contributed by atoms with E-state index in [2.05, 4.69) is 5.32 Å². The highest BCUT2D eigenvalue weighted by molar-refractivity contribution is 6.43. The normalized spacial score (nSPS) is 18.2. The van der Waals surface area contributed by atoms with Gasteiger partial charge in [-0.25, -0.2) is 0 Å². The number of hydrogen-bond acceptors (Lipinski definition) is 3. The zero-order valence-corrected chi connectivity index (χ0v) is 12.1. The van der Waals surface area contributed by atoms with E-state index in [4.69, 9.17) is 32.7 Å². The lowest BCUT2D eigenvalue weighted by atomic mass is 10.0. The number of fused-ring (bicyclic) bond motifs is 1. The van der Waals surface area contributed by atoms with Crippen LogP contribution in [0.15, 0.2) is 12.1 Å². The lowest BCUT2D eigenvalue weighted by molar-refractivity contribution is -0.125. The number of carbonyl (C=O) groups excluding carboxylic acids is 1. The average Bonchev–Trinajstić information content (AvgIpc) is 2.57. The molecule has 1 heterocycles. The summed E-state index contributed by atoms with van der Waals surface area (Å²) in [6, 6.07) is 3.43. The van der Waals surface area contributed by atoms with Crippen LogP contribution in [0.1, 0.15) is 24.4 Å². The fraction of sp³-hybridized carbons (Fsp3) is 0.462. The molecule has 0 saturated carbocycles. The Labute approximate surface area is 122 Å². The van der Waals surface area contributed by atoms with Crippen LogP contribution in [-0.2, 0) is 9.53 Å². The number of ether oxygens (including phenoxy) is 2. The van der Waals surface area contributed by atoms with Crippen LogP contribution in [0, 0.1) is 0 Å². The van der Waals surface area contributed by atoms with Gasteiger partial charge in [0, 0.05) is 12.7 Å². The van der Waals surface area contributed by atoms with Gasteiger partial charge in [0.05, 0.1) is 17.7 Å². The third-order valence-electron chi connectivity index (χ3n) is 2.95. The van der Waals surface area contributed by atoms with E-state index in [0.717, 1.165) is 18.4 Å². The van der Waals surface area contributed by atoms with Gasteiger partial charge in [0.15, 0.2) is 0 Å². The SMILES string of the molecule is COCC(=O)NC1CCCOc2c1ccc(Cl)c2Cl. The number of carbonyl (C=O) groups is 1. The number of hydrogen-bond donors (Lipinski definition) is 1. The van der Waals surface area contributed by atoms with Crippen molar-refractivity contribution in [1.29, 1.82) is 0 Å². The highest BCUT2D eigenvalue weighted by Crippen LogP contribution is 2.40. The van der Waals surface area contributed by atoms with Crippen LogP contribution < -0.4 is 10.1 Å². The molecule has 0 spiro atoms. The predicted molar refractivity (Wildman–Crippen MR) is 74.0 cm³/mol. The number of nitrogens with one attached hydrogen (secondary N) is 1. The van der Waals surface area contributed by atoms with Crippen molar-refractivity contribution in [3.8, 4) is 5.75 Å². The van der Waals surface area contributed by atoms with Gasteiger partial charge < -0.3 is 14.8 Å². The fourth-order valence-corrected chi connectivity index (χ4v) is 2.48. The van der Waals surface area contributed by atoms with Crippen molar-refractivity contribution in [3.63, 3.8) is 0 Å². The van der Waals surface area contributed by atoms with Crippen molar-refractivity contribution >= 4 is 29.1 Å². The smallest absolute Gasteiger partial charge is 0.246 e. The van der Waals surface area contributed by atoms with Crippen molar-refractivity contribution < 1.29 is 14.3 Å². The molecule has 1 aliphatic rings. The van der Waals surface area contributed by atoms with Gasteiger partial charge in [-0.05, 0) is 18.9 Å². The molecule has 0 radical (unpaired) electrons. The van der Waals surface area contributed by atoms with E-state index in [1.807, 2.05) is 6.07 Å². The van der Waals surface area contributed by atoms with E-state index < -0.39 is 0 Å². The van der Waals surface area contributed by atoms with Crippen molar-refractivity contribution in [2.75, 3.05) is 20.3 Å². The molecule has 2 rings (SSSR count). The van der Waals surface area contributed by atoms with Crippen LogP contribution in [-0.4, -0.2) is 26.2 Å². The zero-order valence-electron chi connectivity index (χ0n) is 10.5. The standard InChI is InChI=1S/C13H15Cl2NO3/c1-18-7-11(17)16-10-3-2-6-19-13-8(10)4-5-9(14)12(13)15/h4-5,10H,2-3,6-7H2,1H3,(H,16,17). The maximum Gasteiger partial charge on any atom is 0.246 e. The van der Waals surface area contributed by atoms with Crippen molar-refractivity contribution in [3.05, 3.63) is 27.7 Å². The third kappa shape index (κ3) is 3.32. The Balaban J connectivity index is 2.28. The first-order valence-corrected chi connectivity index (χ1v) is 6.78. The van der Waals surface area contributed by atoms with Gasteiger partial charge in [-0.1, -0.05) is 29.3 Å². The topological polar surface area (TPSA) is 47.6 Å². The molecule has 1 aliphatic heterocycles. The molecule has 0 aromatic heterocycles. The van der Waals surface area contributed by atoms with Crippen LogP contribution in [0.4, 0.5) is 0 Å². The lowest BCUT2D eigenvalue weighted by Gasteiger charge is -2.19. The summed E-state index contributed by atoms with van der Waals surface area (Å²) in [7, 11) is 1.49. The Morgan fingerprint density at radius 3 is 3.05 bits per heavy atom. The first-order valence-electron chi connectivity index (χ1n) is 6.02. The van der Waals surface area contributed by atoms with Crippen molar-refractivity contribution in [2.45, 2.75) is 18.9 Å². The molecule has 1 amide bonds. The van der Waals surface area contributed by atoms with E-state index >= 15 is 0 Å². The molecule has 0 aliphatic carbocycles. The lowest BCUT2D eigenvalue weighted by Crippen LogP contribution is -2.31. The minimum absolute atomic E-state index is 0.0357. The highest BCUT2D eigenvalue weighted by atomic mass is 35.5. The van der Waals surface area contributed by atoms with Crippen LogP contribution in [0.3, 0.4) is 0 Å². The zero-order chi connectivity index (χ0) is 13.8. The van der Waals surface area contributed by atoms with E-state index in [9.17, 15) is 4.79 Å². The molecule has 1 unspecified atom stereocenters. The molecule has 1 N–H and O–H groups in total. The Kier molecular flexibility index (Phi) is 4.91. The quantitative estimate of drug-likeness (QED) is 0.934. The van der Waals surface area contributed by atoms with E-state index in [1.165, 1.54) is 7.11 Å². The van der Waals surface area contributed by atoms with Crippen LogP contribution in [0.2, 0.25) is 10.0 Å². The summed E-state index contributed by atoms with van der Waals surface area (Å²) >= 11 is 12.1. The fourth-order valence-electron chi connectivity index (χ4n) is 2.10. The first-order chi connectivity index (χ1) is 9.13. The summed E-state index contributed by atoms with van der Waals surface area (Å²) < 4.78 is 10.4. The Morgan fingerprint density at radius 1 is 1.53 bits per heavy atom. The Hall–Kier alpha value is -0.970. The number of amides is 1. The maximum atomic E-state index is 11.6. The van der Waals surface area contributed by atoms with Crippen LogP contribution in [0.25, 0.3) is 0 Å². The van der Waals surface area contributed by atoms with Gasteiger partial charge in [-0.15, -0.1) is 0 Å². The van der Waals surface area contributed by atoms with Gasteiger partial charge in [0.25, 0.3) is 0 Å². The van der Waals surface area contributed by atoms with Crippen LogP contribution in [0.5, 0.6) is 5.75 Å². The monoisotopic (exact) mass is 303 g/mol. The van der Waals surface area contributed by atoms with Crippen molar-refractivity contribution in [1.82, 2.24) is 5.32 Å². The minimum Gasteiger partial charge on any atom is -0.492 e. The summed E-state index contributed by atoms with van der Waals surface area (Å²) in [5, 5.41) is 3.76. The second-order valence-corrected chi connectivity index (χ2v) is 5.11. The third-order valence-corrected chi connectivity index (χ3v) is 3.74.